The van der Waals surface area contributed by atoms with Gasteiger partial charge in [-0.3, -0.25) is 0 Å². The molecule has 0 radical (unpaired) electrons. The van der Waals surface area contributed by atoms with E-state index < -0.39 is 23.7 Å². The van der Waals surface area contributed by atoms with Crippen molar-refractivity contribution in [1.82, 2.24) is 14.8 Å². The largest absolute Gasteiger partial charge is 0.465 e. The quantitative estimate of drug-likeness (QED) is 0.333. The molecule has 0 saturated heterocycles. The summed E-state index contributed by atoms with van der Waals surface area (Å²) in [7, 11) is 2.37. The predicted molar refractivity (Wildman–Crippen MR) is 121 cm³/mol. The second-order valence-electron chi connectivity index (χ2n) is 7.31. The Bertz CT molecular complexity index is 1380. The van der Waals surface area contributed by atoms with Crippen LogP contribution in [0.4, 0.5) is 13.2 Å². The average Bonchev–Trinajstić information content (AvgIpc) is 3.29. The average molecular weight is 497 g/mol. The molecule has 0 saturated carbocycles. The van der Waals surface area contributed by atoms with Crippen molar-refractivity contribution in [3.63, 3.8) is 0 Å². The third-order valence-corrected chi connectivity index (χ3v) is 5.07. The van der Waals surface area contributed by atoms with Crippen molar-refractivity contribution < 1.29 is 37.0 Å². The molecule has 11 heteroatoms. The standard InChI is InChI=1S/C25H18F3N3O5/c1-34-23(32)20-21(30-31(22(20)24(33)35-2)17-6-4-3-5-7-17)15-8-11-18(12-9-15)36-19-13-10-16(14-29-19)25(26,27)28/h3-14H,1-2H3. The van der Waals surface area contributed by atoms with Crippen LogP contribution in [-0.4, -0.2) is 40.9 Å². The van der Waals surface area contributed by atoms with Crippen LogP contribution in [-0.2, 0) is 15.7 Å². The van der Waals surface area contributed by atoms with Crippen molar-refractivity contribution in [1.29, 1.82) is 0 Å². The Morgan fingerprint density at radius 3 is 2.08 bits per heavy atom. The maximum Gasteiger partial charge on any atom is 0.417 e. The van der Waals surface area contributed by atoms with E-state index in [4.69, 9.17) is 14.2 Å². The van der Waals surface area contributed by atoms with Gasteiger partial charge in [-0.15, -0.1) is 0 Å². The Labute approximate surface area is 202 Å². The highest BCUT2D eigenvalue weighted by Gasteiger charge is 2.32. The molecular weight excluding hydrogens is 479 g/mol. The van der Waals surface area contributed by atoms with Gasteiger partial charge in [0, 0.05) is 17.8 Å². The van der Waals surface area contributed by atoms with Crippen molar-refractivity contribution in [2.24, 2.45) is 0 Å². The van der Waals surface area contributed by atoms with E-state index >= 15 is 0 Å². The first-order chi connectivity index (χ1) is 17.2. The third-order valence-electron chi connectivity index (χ3n) is 5.07. The number of para-hydroxylation sites is 1. The molecule has 8 nitrogen and oxygen atoms in total. The highest BCUT2D eigenvalue weighted by atomic mass is 19.4. The Hall–Kier alpha value is -4.67. The number of methoxy groups -OCH3 is 2. The number of rotatable bonds is 6. The fourth-order valence-corrected chi connectivity index (χ4v) is 3.37. The smallest absolute Gasteiger partial charge is 0.417 e. The van der Waals surface area contributed by atoms with Gasteiger partial charge in [-0.05, 0) is 42.5 Å². The lowest BCUT2D eigenvalue weighted by atomic mass is 10.1. The number of aromatic nitrogens is 3. The van der Waals surface area contributed by atoms with Crippen molar-refractivity contribution in [2.75, 3.05) is 14.2 Å². The summed E-state index contributed by atoms with van der Waals surface area (Å²) < 4.78 is 54.8. The lowest BCUT2D eigenvalue weighted by Crippen LogP contribution is -2.15. The topological polar surface area (TPSA) is 92.5 Å². The number of halogens is 3. The Balaban J connectivity index is 1.72. The monoisotopic (exact) mass is 497 g/mol. The number of esters is 2. The second-order valence-corrected chi connectivity index (χ2v) is 7.31. The molecule has 0 aliphatic heterocycles. The van der Waals surface area contributed by atoms with Crippen molar-refractivity contribution in [2.45, 2.75) is 6.18 Å². The minimum atomic E-state index is -4.50. The number of benzene rings is 2. The van der Waals surface area contributed by atoms with Gasteiger partial charge in [0.2, 0.25) is 5.88 Å². The number of alkyl halides is 3. The SMILES string of the molecule is COC(=O)c1c(-c2ccc(Oc3ccc(C(F)(F)F)cn3)cc2)nn(-c2ccccc2)c1C(=O)OC. The van der Waals surface area contributed by atoms with Gasteiger partial charge in [0.15, 0.2) is 5.69 Å². The van der Waals surface area contributed by atoms with Crippen molar-refractivity contribution in [3.8, 4) is 28.6 Å². The fraction of sp³-hybridized carbons (Fsp3) is 0.120. The minimum absolute atomic E-state index is 0.0349. The lowest BCUT2D eigenvalue weighted by Gasteiger charge is -2.08. The van der Waals surface area contributed by atoms with Crippen LogP contribution >= 0.6 is 0 Å². The van der Waals surface area contributed by atoms with Gasteiger partial charge in [0.05, 0.1) is 25.5 Å². The van der Waals surface area contributed by atoms with Gasteiger partial charge in [-0.1, -0.05) is 18.2 Å². The number of ether oxygens (including phenoxy) is 3. The molecule has 4 aromatic rings. The van der Waals surface area contributed by atoms with E-state index in [1.54, 1.807) is 42.5 Å². The molecule has 0 amide bonds. The summed E-state index contributed by atoms with van der Waals surface area (Å²) in [6.45, 7) is 0. The number of carbonyl (C=O) groups excluding carboxylic acids is 2. The van der Waals surface area contributed by atoms with Crippen LogP contribution in [0.1, 0.15) is 26.4 Å². The van der Waals surface area contributed by atoms with Gasteiger partial charge >= 0.3 is 18.1 Å². The molecular formula is C25H18F3N3O5. The lowest BCUT2D eigenvalue weighted by molar-refractivity contribution is -0.137. The zero-order valence-electron chi connectivity index (χ0n) is 18.9. The van der Waals surface area contributed by atoms with Gasteiger partial charge in [0.1, 0.15) is 17.0 Å². The van der Waals surface area contributed by atoms with Crippen molar-refractivity contribution >= 4 is 11.9 Å². The number of carbonyl (C=O) groups is 2. The number of pyridine rings is 1. The van der Waals surface area contributed by atoms with Gasteiger partial charge in [-0.25, -0.2) is 19.3 Å². The van der Waals surface area contributed by atoms with Crippen LogP contribution in [0.15, 0.2) is 72.9 Å². The predicted octanol–water partition coefficient (Wildman–Crippen LogP) is 5.32. The summed E-state index contributed by atoms with van der Waals surface area (Å²) in [5.41, 5.74) is 0.0259. The van der Waals surface area contributed by atoms with E-state index in [9.17, 15) is 22.8 Å². The van der Waals surface area contributed by atoms with Crippen LogP contribution in [0.25, 0.3) is 16.9 Å². The van der Waals surface area contributed by atoms with Crippen LogP contribution in [0.3, 0.4) is 0 Å². The molecule has 2 heterocycles. The van der Waals surface area contributed by atoms with E-state index in [0.29, 0.717) is 17.4 Å². The summed E-state index contributed by atoms with van der Waals surface area (Å²) in [6.07, 6.45) is -3.83. The molecule has 0 fully saturated rings. The number of hydrogen-bond donors (Lipinski definition) is 0. The summed E-state index contributed by atoms with van der Waals surface area (Å²) in [5, 5.41) is 4.49. The van der Waals surface area contributed by atoms with Crippen LogP contribution < -0.4 is 4.74 Å². The summed E-state index contributed by atoms with van der Waals surface area (Å²) in [4.78, 5) is 29.0. The highest BCUT2D eigenvalue weighted by Crippen LogP contribution is 2.32. The second kappa shape index (κ2) is 9.90. The molecule has 2 aromatic carbocycles. The summed E-state index contributed by atoms with van der Waals surface area (Å²) in [6, 6.07) is 16.9. The maximum atomic E-state index is 12.7. The first-order valence-corrected chi connectivity index (χ1v) is 10.4. The minimum Gasteiger partial charge on any atom is -0.465 e. The molecule has 0 spiro atoms. The molecule has 0 N–H and O–H groups in total. The van der Waals surface area contributed by atoms with Gasteiger partial charge in [-0.2, -0.15) is 18.3 Å². The van der Waals surface area contributed by atoms with E-state index in [1.807, 2.05) is 0 Å². The molecule has 36 heavy (non-hydrogen) atoms. The zero-order valence-corrected chi connectivity index (χ0v) is 18.9. The summed E-state index contributed by atoms with van der Waals surface area (Å²) in [5.74, 6) is -1.33. The van der Waals surface area contributed by atoms with Gasteiger partial charge in [0.25, 0.3) is 0 Å². The molecule has 0 bridgehead atoms. The van der Waals surface area contributed by atoms with E-state index in [-0.39, 0.29) is 28.6 Å². The van der Waals surface area contributed by atoms with E-state index in [2.05, 4.69) is 10.1 Å². The molecule has 0 aliphatic carbocycles. The van der Waals surface area contributed by atoms with E-state index in [0.717, 1.165) is 12.1 Å². The molecule has 184 valence electrons. The Morgan fingerprint density at radius 1 is 0.861 bits per heavy atom. The fourth-order valence-electron chi connectivity index (χ4n) is 3.37. The van der Waals surface area contributed by atoms with E-state index in [1.165, 1.54) is 31.0 Å². The third kappa shape index (κ3) is 4.90. The first kappa shape index (κ1) is 24.5. The molecule has 0 unspecified atom stereocenters. The molecule has 2 aromatic heterocycles. The first-order valence-electron chi connectivity index (χ1n) is 10.4. The number of hydrogen-bond acceptors (Lipinski definition) is 7. The van der Waals surface area contributed by atoms with Crippen LogP contribution in [0, 0.1) is 0 Å². The Kier molecular flexibility index (Phi) is 6.73. The van der Waals surface area contributed by atoms with Crippen molar-refractivity contribution in [3.05, 3.63) is 89.7 Å². The molecule has 0 aliphatic rings. The molecule has 0 atom stereocenters. The molecule has 4 rings (SSSR count). The van der Waals surface area contributed by atoms with Gasteiger partial charge < -0.3 is 14.2 Å². The normalized spacial score (nSPS) is 11.1. The summed E-state index contributed by atoms with van der Waals surface area (Å²) >= 11 is 0. The number of nitrogens with zero attached hydrogens (tertiary/aromatic N) is 3. The van der Waals surface area contributed by atoms with Crippen LogP contribution in [0.2, 0.25) is 0 Å². The maximum absolute atomic E-state index is 12.7. The zero-order chi connectivity index (χ0) is 25.9. The van der Waals surface area contributed by atoms with Crippen LogP contribution in [0.5, 0.6) is 11.6 Å². The highest BCUT2D eigenvalue weighted by molar-refractivity contribution is 6.06. The Morgan fingerprint density at radius 2 is 1.53 bits per heavy atom.